The van der Waals surface area contributed by atoms with Gasteiger partial charge in [0.15, 0.2) is 0 Å². The molecule has 0 bridgehead atoms. The smallest absolute Gasteiger partial charge is 0.257 e. The van der Waals surface area contributed by atoms with Gasteiger partial charge in [-0.05, 0) is 61.1 Å². The van der Waals surface area contributed by atoms with Crippen LogP contribution in [-0.2, 0) is 9.63 Å². The molecule has 6 nitrogen and oxygen atoms in total. The Morgan fingerprint density at radius 1 is 1.03 bits per heavy atom. The first-order chi connectivity index (χ1) is 17.3. The maximum atomic E-state index is 13.2. The third kappa shape index (κ3) is 7.44. The number of ether oxygens (including phenoxy) is 1. The van der Waals surface area contributed by atoms with Crippen molar-refractivity contribution in [2.45, 2.75) is 47.1 Å². The second kappa shape index (κ2) is 13.3. The Hall–Kier alpha value is -3.12. The Morgan fingerprint density at radius 3 is 2.25 bits per heavy atom. The van der Waals surface area contributed by atoms with Gasteiger partial charge in [0.25, 0.3) is 5.91 Å². The van der Waals surface area contributed by atoms with Gasteiger partial charge in [-0.15, -0.1) is 0 Å². The summed E-state index contributed by atoms with van der Waals surface area (Å²) < 4.78 is 5.27. The predicted octanol–water partition coefficient (Wildman–Crippen LogP) is 6.11. The zero-order valence-electron chi connectivity index (χ0n) is 22.6. The molecule has 1 aliphatic rings. The summed E-state index contributed by atoms with van der Waals surface area (Å²) in [4.78, 5) is 23.1. The molecule has 1 amide bonds. The monoisotopic (exact) mass is 491 g/mol. The SMILES string of the molecule is COc1ccc(N2C(=O)/C(=C/C(C)=N/OCCCN(CC(C)C)CC(C)C)C2c2ccccc2)cc1. The van der Waals surface area contributed by atoms with E-state index in [1.807, 2.05) is 72.5 Å². The molecule has 194 valence electrons. The number of oxime groups is 1. The molecule has 0 radical (unpaired) electrons. The average molecular weight is 492 g/mol. The van der Waals surface area contributed by atoms with Crippen molar-refractivity contribution >= 4 is 17.3 Å². The van der Waals surface area contributed by atoms with Gasteiger partial charge in [0.05, 0.1) is 18.9 Å². The van der Waals surface area contributed by atoms with E-state index in [-0.39, 0.29) is 11.9 Å². The van der Waals surface area contributed by atoms with Gasteiger partial charge >= 0.3 is 0 Å². The van der Waals surface area contributed by atoms with Crippen LogP contribution in [-0.4, -0.2) is 49.9 Å². The quantitative estimate of drug-likeness (QED) is 0.112. The average Bonchev–Trinajstić information content (AvgIpc) is 2.85. The molecule has 2 aromatic rings. The van der Waals surface area contributed by atoms with Crippen molar-refractivity contribution in [3.05, 3.63) is 71.8 Å². The molecule has 0 spiro atoms. The van der Waals surface area contributed by atoms with E-state index in [2.05, 4.69) is 37.8 Å². The van der Waals surface area contributed by atoms with Crippen LogP contribution in [0.1, 0.15) is 52.6 Å². The van der Waals surface area contributed by atoms with Crippen molar-refractivity contribution < 1.29 is 14.4 Å². The predicted molar refractivity (Wildman–Crippen MR) is 148 cm³/mol. The van der Waals surface area contributed by atoms with Crippen LogP contribution < -0.4 is 9.64 Å². The Kier molecular flexibility index (Phi) is 10.1. The number of hydrogen-bond donors (Lipinski definition) is 0. The summed E-state index contributed by atoms with van der Waals surface area (Å²) in [5, 5.41) is 4.28. The van der Waals surface area contributed by atoms with E-state index in [1.165, 1.54) is 0 Å². The number of carbonyl (C=O) groups is 1. The van der Waals surface area contributed by atoms with Crippen LogP contribution in [0.15, 0.2) is 71.4 Å². The van der Waals surface area contributed by atoms with Crippen LogP contribution in [0.25, 0.3) is 0 Å². The van der Waals surface area contributed by atoms with Gasteiger partial charge in [0.1, 0.15) is 12.4 Å². The highest BCUT2D eigenvalue weighted by Crippen LogP contribution is 2.43. The van der Waals surface area contributed by atoms with Gasteiger partial charge in [-0.25, -0.2) is 0 Å². The first-order valence-electron chi connectivity index (χ1n) is 12.9. The molecule has 36 heavy (non-hydrogen) atoms. The number of amides is 1. The zero-order chi connectivity index (χ0) is 26.1. The highest BCUT2D eigenvalue weighted by atomic mass is 16.6. The van der Waals surface area contributed by atoms with E-state index >= 15 is 0 Å². The molecule has 1 unspecified atom stereocenters. The van der Waals surface area contributed by atoms with E-state index < -0.39 is 0 Å². The molecule has 1 heterocycles. The van der Waals surface area contributed by atoms with E-state index in [9.17, 15) is 4.79 Å². The molecule has 1 fully saturated rings. The highest BCUT2D eigenvalue weighted by molar-refractivity contribution is 6.18. The number of anilines is 1. The normalized spacial score (nSPS) is 17.3. The van der Waals surface area contributed by atoms with Crippen LogP contribution >= 0.6 is 0 Å². The van der Waals surface area contributed by atoms with E-state index in [0.717, 1.165) is 43.1 Å². The summed E-state index contributed by atoms with van der Waals surface area (Å²) in [6, 6.07) is 17.5. The van der Waals surface area contributed by atoms with Gasteiger partial charge in [0.2, 0.25) is 0 Å². The van der Waals surface area contributed by atoms with Gasteiger partial charge in [-0.2, -0.15) is 0 Å². The lowest BCUT2D eigenvalue weighted by Crippen LogP contribution is -2.49. The first kappa shape index (κ1) is 27.5. The number of rotatable bonds is 13. The molecule has 0 aliphatic carbocycles. The van der Waals surface area contributed by atoms with Gasteiger partial charge in [-0.3, -0.25) is 9.69 Å². The number of benzene rings is 2. The minimum Gasteiger partial charge on any atom is -0.497 e. The summed E-state index contributed by atoms with van der Waals surface area (Å²) >= 11 is 0. The topological polar surface area (TPSA) is 54.4 Å². The second-order valence-electron chi connectivity index (χ2n) is 10.3. The Bertz CT molecular complexity index is 1020. The van der Waals surface area contributed by atoms with Gasteiger partial charge < -0.3 is 14.5 Å². The number of carbonyl (C=O) groups excluding carboxylic acids is 1. The van der Waals surface area contributed by atoms with Gasteiger partial charge in [0, 0.05) is 30.9 Å². The highest BCUT2D eigenvalue weighted by Gasteiger charge is 2.43. The van der Waals surface area contributed by atoms with Crippen LogP contribution in [0.3, 0.4) is 0 Å². The fraction of sp³-hybridized carbons (Fsp3) is 0.467. The lowest BCUT2D eigenvalue weighted by atomic mass is 9.86. The number of allylic oxidation sites excluding steroid dienone is 1. The maximum Gasteiger partial charge on any atom is 0.257 e. The third-order valence-corrected chi connectivity index (χ3v) is 6.01. The van der Waals surface area contributed by atoms with Crippen molar-refractivity contribution in [2.24, 2.45) is 17.0 Å². The molecular weight excluding hydrogens is 450 g/mol. The van der Waals surface area contributed by atoms with Crippen molar-refractivity contribution in [3.63, 3.8) is 0 Å². The van der Waals surface area contributed by atoms with Crippen LogP contribution in [0.4, 0.5) is 5.69 Å². The molecule has 6 heteroatoms. The van der Waals surface area contributed by atoms with Crippen molar-refractivity contribution in [1.82, 2.24) is 4.90 Å². The minimum absolute atomic E-state index is 0.0263. The van der Waals surface area contributed by atoms with Crippen LogP contribution in [0.5, 0.6) is 5.75 Å². The number of β-lactam (4-membered cyclic amide) rings is 1. The van der Waals surface area contributed by atoms with Crippen molar-refractivity contribution in [2.75, 3.05) is 38.3 Å². The maximum absolute atomic E-state index is 13.2. The molecular formula is C30H41N3O3. The number of nitrogens with zero attached hydrogens (tertiary/aromatic N) is 3. The second-order valence-corrected chi connectivity index (χ2v) is 10.3. The lowest BCUT2D eigenvalue weighted by Gasteiger charge is -2.43. The molecule has 1 atom stereocenters. The minimum atomic E-state index is -0.169. The van der Waals surface area contributed by atoms with Crippen LogP contribution in [0, 0.1) is 11.8 Å². The Labute approximate surface area is 216 Å². The van der Waals surface area contributed by atoms with E-state index in [4.69, 9.17) is 9.57 Å². The van der Waals surface area contributed by atoms with Gasteiger partial charge in [-0.1, -0.05) is 63.2 Å². The van der Waals surface area contributed by atoms with Crippen molar-refractivity contribution in [3.8, 4) is 5.75 Å². The first-order valence-corrected chi connectivity index (χ1v) is 12.9. The molecule has 2 aromatic carbocycles. The molecule has 3 rings (SSSR count). The largest absolute Gasteiger partial charge is 0.497 e. The fourth-order valence-corrected chi connectivity index (χ4v) is 4.60. The van der Waals surface area contributed by atoms with Crippen molar-refractivity contribution in [1.29, 1.82) is 0 Å². The fourth-order valence-electron chi connectivity index (χ4n) is 4.60. The lowest BCUT2D eigenvalue weighted by molar-refractivity contribution is -0.119. The van der Waals surface area contributed by atoms with E-state index in [0.29, 0.717) is 29.7 Å². The summed E-state index contributed by atoms with van der Waals surface area (Å²) in [7, 11) is 1.63. The molecule has 0 saturated carbocycles. The summed E-state index contributed by atoms with van der Waals surface area (Å²) in [6.07, 6.45) is 2.77. The molecule has 0 aromatic heterocycles. The Morgan fingerprint density at radius 2 is 1.67 bits per heavy atom. The number of hydrogen-bond acceptors (Lipinski definition) is 5. The van der Waals surface area contributed by atoms with Crippen LogP contribution in [0.2, 0.25) is 0 Å². The standard InChI is InChI=1S/C30H41N3O3/c1-22(2)20-32(21-23(3)4)17-10-18-36-31-24(5)19-28-29(25-11-8-7-9-12-25)33(30(28)34)26-13-15-27(35-6)16-14-26/h7-9,11-16,19,22-23,29H,10,17-18,20-21H2,1-6H3/b28-19+,31-24+. The molecule has 1 saturated heterocycles. The molecule has 1 aliphatic heterocycles. The summed E-state index contributed by atoms with van der Waals surface area (Å²) in [6.45, 7) is 14.6. The Balaban J connectivity index is 1.65. The summed E-state index contributed by atoms with van der Waals surface area (Å²) in [5.74, 6) is 2.02. The van der Waals surface area contributed by atoms with E-state index in [1.54, 1.807) is 7.11 Å². The molecule has 0 N–H and O–H groups in total. The summed E-state index contributed by atoms with van der Waals surface area (Å²) in [5.41, 5.74) is 3.30. The number of methoxy groups -OCH3 is 1. The third-order valence-electron chi connectivity index (χ3n) is 6.01. The zero-order valence-corrected chi connectivity index (χ0v) is 22.6.